The fraction of sp³-hybridized carbons (Fsp3) is 0.895. The van der Waals surface area contributed by atoms with Crippen LogP contribution >= 0.6 is 30.1 Å². The zero-order valence-corrected chi connectivity index (χ0v) is 21.3. The molecule has 2 aliphatic carbocycles. The molecule has 1 unspecified atom stereocenters. The van der Waals surface area contributed by atoms with Crippen LogP contribution in [0.4, 0.5) is 4.79 Å². The highest BCUT2D eigenvalue weighted by Gasteiger charge is 2.35. The topological polar surface area (TPSA) is 63.2 Å². The lowest BCUT2D eigenvalue weighted by molar-refractivity contribution is 0.152. The molecule has 0 saturated heterocycles. The second kappa shape index (κ2) is 13.6. The van der Waals surface area contributed by atoms with Gasteiger partial charge in [-0.05, 0) is 50.7 Å². The zero-order valence-electron chi connectivity index (χ0n) is 17.9. The van der Waals surface area contributed by atoms with Crippen molar-refractivity contribution in [2.75, 3.05) is 18.3 Å². The predicted molar refractivity (Wildman–Crippen MR) is 130 cm³/mol. The Labute approximate surface area is 189 Å². The third-order valence-electron chi connectivity index (χ3n) is 5.42. The van der Waals surface area contributed by atoms with Crippen LogP contribution in [0.1, 0.15) is 78.1 Å². The molecule has 0 heterocycles. The molecule has 0 bridgehead atoms. The van der Waals surface area contributed by atoms with Gasteiger partial charge < -0.3 is 9.84 Å². The van der Waals surface area contributed by atoms with Gasteiger partial charge in [0.05, 0.1) is 12.0 Å². The first-order valence-corrected chi connectivity index (χ1v) is 15.7. The lowest BCUT2D eigenvalue weighted by atomic mass is 9.96. The average Bonchev–Trinajstić information content (AvgIpc) is 2.76. The second-order valence-corrected chi connectivity index (χ2v) is 14.0. The number of amides is 1. The normalized spacial score (nSPS) is 21.7. The van der Waals surface area contributed by atoms with Crippen molar-refractivity contribution in [2.24, 2.45) is 5.16 Å². The van der Waals surface area contributed by atoms with Gasteiger partial charge in [0, 0.05) is 12.2 Å². The van der Waals surface area contributed by atoms with Crippen molar-refractivity contribution < 1.29 is 14.2 Å². The van der Waals surface area contributed by atoms with Crippen molar-refractivity contribution >= 4 is 53.1 Å². The Morgan fingerprint density at radius 1 is 1.17 bits per heavy atom. The summed E-state index contributed by atoms with van der Waals surface area (Å²) in [6.45, 7) is 3.96. The van der Waals surface area contributed by atoms with Crippen LogP contribution in [0.5, 0.6) is 0 Å². The maximum Gasteiger partial charge on any atom is 0.434 e. The minimum atomic E-state index is -2.14. The van der Waals surface area contributed by atoms with E-state index in [0.29, 0.717) is 23.1 Å². The van der Waals surface area contributed by atoms with Gasteiger partial charge in [0.1, 0.15) is 11.5 Å². The Kier molecular flexibility index (Phi) is 11.9. The fourth-order valence-corrected chi connectivity index (χ4v) is 9.04. The molecule has 0 aromatic rings. The van der Waals surface area contributed by atoms with Gasteiger partial charge >= 0.3 is 6.09 Å². The summed E-state index contributed by atoms with van der Waals surface area (Å²) in [6.07, 6.45) is 12.5. The number of nitrogens with zero attached hydrogens (tertiary/aromatic N) is 2. The first kappa shape index (κ1) is 25.5. The first-order chi connectivity index (χ1) is 14.0. The van der Waals surface area contributed by atoms with E-state index in [1.165, 1.54) is 50.3 Å². The third-order valence-corrected chi connectivity index (χ3v) is 12.3. The van der Waals surface area contributed by atoms with E-state index in [1.807, 2.05) is 6.26 Å². The quantitative estimate of drug-likeness (QED) is 0.0785. The highest BCUT2D eigenvalue weighted by atomic mass is 32.5. The molecule has 2 saturated carbocycles. The third kappa shape index (κ3) is 8.69. The molecular weight excluding hydrogens is 445 g/mol. The van der Waals surface area contributed by atoms with Gasteiger partial charge in [-0.15, -0.1) is 11.8 Å². The van der Waals surface area contributed by atoms with Crippen LogP contribution in [0, 0.1) is 0 Å². The molecule has 10 heteroatoms. The lowest BCUT2D eigenvalue weighted by Crippen LogP contribution is -2.34. The molecular formula is C19H36N3O3PS3. The maximum atomic E-state index is 11.9. The van der Waals surface area contributed by atoms with Crippen LogP contribution in [-0.2, 0) is 21.2 Å². The van der Waals surface area contributed by atoms with Gasteiger partial charge in [0.25, 0.3) is 0 Å². The number of hydrogen-bond donors (Lipinski definition) is 1. The van der Waals surface area contributed by atoms with E-state index >= 15 is 0 Å². The fourth-order valence-electron chi connectivity index (χ4n) is 3.74. The number of oxime groups is 1. The molecule has 0 aromatic carbocycles. The van der Waals surface area contributed by atoms with E-state index in [-0.39, 0.29) is 0 Å². The van der Waals surface area contributed by atoms with Crippen molar-refractivity contribution in [1.82, 2.24) is 9.39 Å². The highest BCUT2D eigenvalue weighted by molar-refractivity contribution is 8.17. The first-order valence-electron chi connectivity index (χ1n) is 10.7. The van der Waals surface area contributed by atoms with E-state index in [4.69, 9.17) is 21.2 Å². The lowest BCUT2D eigenvalue weighted by Gasteiger charge is -2.42. The van der Waals surface area contributed by atoms with Crippen LogP contribution in [0.3, 0.4) is 0 Å². The monoisotopic (exact) mass is 481 g/mol. The minimum absolute atomic E-state index is 0.294. The average molecular weight is 482 g/mol. The van der Waals surface area contributed by atoms with Gasteiger partial charge in [-0.25, -0.2) is 4.79 Å². The largest absolute Gasteiger partial charge is 0.434 e. The van der Waals surface area contributed by atoms with Gasteiger partial charge in [0.2, 0.25) is 0 Å². The molecule has 0 aliphatic heterocycles. The Balaban J connectivity index is 1.99. The standard InChI is InChI=1S/C19H36N3O3PS3/c1-4-26(27,25-18-13-9-6-10-14-18)22(17-11-7-5-8-12-17)29-15-20-19(23)24-21-16(2)28-3/h17-18H,4-15H2,1-3H3,(H,20,23)/b21-16+. The molecule has 29 heavy (non-hydrogen) atoms. The molecule has 1 amide bonds. The van der Waals surface area contributed by atoms with E-state index in [0.717, 1.165) is 31.8 Å². The minimum Gasteiger partial charge on any atom is -0.334 e. The van der Waals surface area contributed by atoms with Crippen LogP contribution in [0.25, 0.3) is 0 Å². The molecule has 1 N–H and O–H groups in total. The van der Waals surface area contributed by atoms with Crippen molar-refractivity contribution in [1.29, 1.82) is 0 Å². The summed E-state index contributed by atoms with van der Waals surface area (Å²) in [5, 5.41) is 7.28. The number of hydrogen-bond acceptors (Lipinski definition) is 7. The zero-order chi connectivity index (χ0) is 21.1. The van der Waals surface area contributed by atoms with E-state index in [9.17, 15) is 4.79 Å². The Morgan fingerprint density at radius 3 is 2.38 bits per heavy atom. The highest BCUT2D eigenvalue weighted by Crippen LogP contribution is 2.59. The van der Waals surface area contributed by atoms with Crippen LogP contribution < -0.4 is 5.32 Å². The molecule has 2 aliphatic rings. The Bertz CT molecular complexity index is 582. The predicted octanol–water partition coefficient (Wildman–Crippen LogP) is 6.33. The van der Waals surface area contributed by atoms with Crippen molar-refractivity contribution in [3.05, 3.63) is 0 Å². The molecule has 168 valence electrons. The smallest absolute Gasteiger partial charge is 0.334 e. The second-order valence-electron chi connectivity index (χ2n) is 7.56. The summed E-state index contributed by atoms with van der Waals surface area (Å²) in [7, 11) is 0. The summed E-state index contributed by atoms with van der Waals surface area (Å²) >= 11 is 9.24. The summed E-state index contributed by atoms with van der Waals surface area (Å²) in [4.78, 5) is 16.8. The summed E-state index contributed by atoms with van der Waals surface area (Å²) < 4.78 is 9.02. The Morgan fingerprint density at radius 2 is 1.79 bits per heavy atom. The number of rotatable bonds is 9. The van der Waals surface area contributed by atoms with E-state index < -0.39 is 12.5 Å². The van der Waals surface area contributed by atoms with Gasteiger partial charge in [-0.3, -0.25) is 4.84 Å². The van der Waals surface area contributed by atoms with Crippen LogP contribution in [-0.4, -0.2) is 45.7 Å². The van der Waals surface area contributed by atoms with Gasteiger partial charge in [-0.1, -0.05) is 62.6 Å². The van der Waals surface area contributed by atoms with Crippen molar-refractivity contribution in [2.45, 2.75) is 90.2 Å². The molecule has 0 radical (unpaired) electrons. The van der Waals surface area contributed by atoms with Gasteiger partial charge in [0.15, 0.2) is 0 Å². The molecule has 2 fully saturated rings. The van der Waals surface area contributed by atoms with Crippen LogP contribution in [0.15, 0.2) is 5.16 Å². The summed E-state index contributed by atoms with van der Waals surface area (Å²) in [5.74, 6) is 0.412. The number of thioether (sulfide) groups is 1. The summed E-state index contributed by atoms with van der Waals surface area (Å²) in [6, 6.07) is 0.428. The van der Waals surface area contributed by atoms with Gasteiger partial charge in [-0.2, -0.15) is 4.08 Å². The van der Waals surface area contributed by atoms with Crippen molar-refractivity contribution in [3.8, 4) is 0 Å². The van der Waals surface area contributed by atoms with Crippen LogP contribution in [0.2, 0.25) is 0 Å². The number of nitrogens with one attached hydrogen (secondary N) is 1. The SMILES string of the molecule is CCP(=S)(OC1CCCCC1)N(SCNC(=O)O/N=C(\C)SC)C1CCCCC1. The number of carbonyl (C=O) groups is 1. The maximum absolute atomic E-state index is 11.9. The van der Waals surface area contributed by atoms with E-state index in [2.05, 4.69) is 21.5 Å². The van der Waals surface area contributed by atoms with Crippen molar-refractivity contribution in [3.63, 3.8) is 0 Å². The molecule has 1 atom stereocenters. The molecule has 2 rings (SSSR count). The molecule has 0 aromatic heterocycles. The number of carbonyl (C=O) groups excluding carboxylic acids is 1. The molecule has 6 nitrogen and oxygen atoms in total. The summed E-state index contributed by atoms with van der Waals surface area (Å²) in [5.41, 5.74) is 0. The van der Waals surface area contributed by atoms with E-state index in [1.54, 1.807) is 18.9 Å². The molecule has 0 spiro atoms. The Hall–Kier alpha value is 0.210.